The second kappa shape index (κ2) is 4.68. The van der Waals surface area contributed by atoms with Gasteiger partial charge in [-0.1, -0.05) is 25.3 Å². The van der Waals surface area contributed by atoms with Gasteiger partial charge in [0.15, 0.2) is 4.77 Å². The van der Waals surface area contributed by atoms with Crippen LogP contribution in [-0.4, -0.2) is 21.3 Å². The van der Waals surface area contributed by atoms with Gasteiger partial charge in [-0.05, 0) is 24.4 Å². The molecule has 21 heavy (non-hydrogen) atoms. The predicted molar refractivity (Wildman–Crippen MR) is 80.6 cm³/mol. The van der Waals surface area contributed by atoms with E-state index in [-0.39, 0.29) is 11.3 Å². The van der Waals surface area contributed by atoms with Crippen LogP contribution in [0.25, 0.3) is 19.4 Å². The molecule has 0 saturated heterocycles. The number of Topliss-reactive ketones (excluding diaryl/α,β-unsaturated/α-hetero) is 1. The largest absolute Gasteiger partial charge is 0.422 e. The molecule has 0 fully saturated rings. The van der Waals surface area contributed by atoms with Crippen LogP contribution in [0.1, 0.15) is 10.4 Å². The molecule has 1 N–H and O–H groups in total. The number of ketones is 1. The molecular weight excluding hydrogens is 288 g/mol. The molecule has 0 bridgehead atoms. The lowest BCUT2D eigenvalue weighted by atomic mass is 10.0. The highest BCUT2D eigenvalue weighted by molar-refractivity contribution is 7.71. The maximum absolute atomic E-state index is 12.4. The Kier molecular flexibility index (Phi) is 2.95. The van der Waals surface area contributed by atoms with Crippen molar-refractivity contribution in [3.8, 4) is 5.75 Å². The normalized spacial score (nSPS) is 15.9. The van der Waals surface area contributed by atoms with Crippen molar-refractivity contribution in [3.63, 3.8) is 0 Å². The second-order valence-corrected chi connectivity index (χ2v) is 4.87. The van der Waals surface area contributed by atoms with Crippen LogP contribution in [0.4, 0.5) is 0 Å². The molecule has 6 heteroatoms. The van der Waals surface area contributed by atoms with Crippen LogP contribution < -0.4 is 15.4 Å². The molecule has 2 aromatic rings. The maximum Gasteiger partial charge on any atom is 0.349 e. The molecule has 3 rings (SSSR count). The number of H-pyrrole nitrogens is 1. The van der Waals surface area contributed by atoms with Crippen LogP contribution in [0.3, 0.4) is 0 Å². The van der Waals surface area contributed by atoms with E-state index < -0.39 is 11.8 Å². The first kappa shape index (κ1) is 13.3. The van der Waals surface area contributed by atoms with E-state index in [1.54, 1.807) is 24.3 Å². The average molecular weight is 298 g/mol. The van der Waals surface area contributed by atoms with Gasteiger partial charge in [-0.25, -0.2) is 4.79 Å². The first-order chi connectivity index (χ1) is 9.99. The molecule has 0 atom stereocenters. The molecule has 1 aromatic heterocycles. The van der Waals surface area contributed by atoms with Crippen molar-refractivity contribution in [1.29, 1.82) is 0 Å². The number of hydrogen-bond acceptors (Lipinski definition) is 4. The fourth-order valence-electron chi connectivity index (χ4n) is 2.04. The molecule has 1 aliphatic rings. The van der Waals surface area contributed by atoms with Gasteiger partial charge in [0.25, 0.3) is 0 Å². The van der Waals surface area contributed by atoms with Crippen LogP contribution in [0.15, 0.2) is 29.8 Å². The van der Waals surface area contributed by atoms with Gasteiger partial charge in [-0.15, -0.1) is 0 Å². The lowest BCUT2D eigenvalue weighted by Gasteiger charge is -2.16. The first-order valence-electron chi connectivity index (χ1n) is 6.05. The number of nitrogens with zero attached hydrogens (tertiary/aromatic N) is 1. The Morgan fingerprint density at radius 2 is 1.95 bits per heavy atom. The highest BCUT2D eigenvalue weighted by Gasteiger charge is 2.30. The van der Waals surface area contributed by atoms with E-state index in [1.807, 2.05) is 0 Å². The third-order valence-electron chi connectivity index (χ3n) is 3.17. The van der Waals surface area contributed by atoms with E-state index >= 15 is 0 Å². The zero-order chi connectivity index (χ0) is 15.1. The van der Waals surface area contributed by atoms with Gasteiger partial charge in [0.1, 0.15) is 11.3 Å². The minimum absolute atomic E-state index is 0.103. The van der Waals surface area contributed by atoms with Crippen molar-refractivity contribution >= 4 is 43.3 Å². The van der Waals surface area contributed by atoms with Crippen LogP contribution in [0, 0.1) is 4.77 Å². The van der Waals surface area contributed by atoms with Gasteiger partial charge in [-0.2, -0.15) is 0 Å². The number of ether oxygens (including phenoxy) is 1. The average Bonchev–Trinajstić information content (AvgIpc) is 2.69. The molecule has 0 saturated carbocycles. The summed E-state index contributed by atoms with van der Waals surface area (Å²) in [4.78, 5) is 27.2. The number of aromatic amines is 1. The molecule has 0 unspecified atom stereocenters. The van der Waals surface area contributed by atoms with Gasteiger partial charge in [0.05, 0.1) is 16.3 Å². The Hall–Kier alpha value is -2.73. The van der Waals surface area contributed by atoms with Crippen LogP contribution in [0.5, 0.6) is 5.75 Å². The monoisotopic (exact) mass is 298 g/mol. The van der Waals surface area contributed by atoms with Gasteiger partial charge in [-0.3, -0.25) is 9.36 Å². The van der Waals surface area contributed by atoms with Crippen molar-refractivity contribution < 1.29 is 14.3 Å². The van der Waals surface area contributed by atoms with Gasteiger partial charge in [0.2, 0.25) is 5.78 Å². The molecule has 5 nitrogen and oxygen atoms in total. The topological polar surface area (TPSA) is 64.1 Å². The summed E-state index contributed by atoms with van der Waals surface area (Å²) in [6, 6.07) is 6.58. The van der Waals surface area contributed by atoms with Crippen molar-refractivity contribution in [1.82, 2.24) is 9.55 Å². The Morgan fingerprint density at radius 1 is 1.24 bits per heavy atom. The van der Waals surface area contributed by atoms with Crippen molar-refractivity contribution in [2.75, 3.05) is 0 Å². The number of esters is 1. The fourth-order valence-corrected chi connectivity index (χ4v) is 2.33. The number of rotatable bonds is 1. The summed E-state index contributed by atoms with van der Waals surface area (Å²) in [5.41, 5.74) is 0.236. The third kappa shape index (κ3) is 2.05. The summed E-state index contributed by atoms with van der Waals surface area (Å²) in [6.45, 7) is 7.53. The summed E-state index contributed by atoms with van der Waals surface area (Å²) >= 11 is 5.10. The number of nitrogens with one attached hydrogen (secondary N) is 1. The van der Waals surface area contributed by atoms with E-state index in [4.69, 9.17) is 17.0 Å². The standard InChI is InChI=1S/C15H10N2O3S/c1-8-9(2)17(15(21)16-8)7-11-13(18)10-5-3-4-6-12(10)20-14(11)19/h3-7H,1-2H2,(H,16,21)/b11-7-. The lowest BCUT2D eigenvalue weighted by molar-refractivity contribution is -0.130. The fraction of sp³-hybridized carbons (Fsp3) is 0. The summed E-state index contributed by atoms with van der Waals surface area (Å²) in [5.74, 6) is -0.864. The molecule has 0 spiro atoms. The van der Waals surface area contributed by atoms with Gasteiger partial charge < -0.3 is 9.72 Å². The zero-order valence-corrected chi connectivity index (χ0v) is 11.7. The number of carbonyl (C=O) groups is 2. The summed E-state index contributed by atoms with van der Waals surface area (Å²) in [6.07, 6.45) is 1.33. The Labute approximate surface area is 124 Å². The van der Waals surface area contributed by atoms with Crippen LogP contribution in [0.2, 0.25) is 0 Å². The molecule has 0 aliphatic carbocycles. The van der Waals surface area contributed by atoms with E-state index in [2.05, 4.69) is 18.1 Å². The molecule has 1 aliphatic heterocycles. The van der Waals surface area contributed by atoms with Gasteiger partial charge in [0, 0.05) is 6.20 Å². The molecule has 0 radical (unpaired) electrons. The van der Waals surface area contributed by atoms with Crippen molar-refractivity contribution in [2.24, 2.45) is 0 Å². The molecule has 0 amide bonds. The highest BCUT2D eigenvalue weighted by Crippen LogP contribution is 2.27. The molecule has 1 aromatic carbocycles. The SMILES string of the molecule is C=c1[nH]c(=S)n(/C=C2\C(=O)Oc3ccccc3C2=O)c1=C. The Bertz CT molecular complexity index is 966. The lowest BCUT2D eigenvalue weighted by Crippen LogP contribution is -2.28. The Balaban J connectivity index is 2.20. The number of carbonyl (C=O) groups excluding carboxylic acids is 2. The van der Waals surface area contributed by atoms with E-state index in [0.29, 0.717) is 21.0 Å². The number of hydrogen-bond donors (Lipinski definition) is 1. The quantitative estimate of drug-likeness (QED) is 0.281. The number of fused-ring (bicyclic) bond motifs is 1. The van der Waals surface area contributed by atoms with Crippen molar-refractivity contribution in [2.45, 2.75) is 0 Å². The summed E-state index contributed by atoms with van der Waals surface area (Å²) in [5, 5.41) is 1.00. The molecular formula is C15H10N2O3S. The predicted octanol–water partition coefficient (Wildman–Crippen LogP) is 1.01. The summed E-state index contributed by atoms with van der Waals surface area (Å²) in [7, 11) is 0. The minimum Gasteiger partial charge on any atom is -0.422 e. The van der Waals surface area contributed by atoms with Crippen LogP contribution >= 0.6 is 12.2 Å². The van der Waals surface area contributed by atoms with Gasteiger partial charge >= 0.3 is 5.97 Å². The minimum atomic E-state index is -0.716. The second-order valence-electron chi connectivity index (χ2n) is 4.48. The Morgan fingerprint density at radius 3 is 2.62 bits per heavy atom. The number of imidazole rings is 1. The number of para-hydroxylation sites is 1. The maximum atomic E-state index is 12.4. The van der Waals surface area contributed by atoms with Crippen LogP contribution in [-0.2, 0) is 4.79 Å². The number of benzene rings is 1. The summed E-state index contributed by atoms with van der Waals surface area (Å²) < 4.78 is 6.89. The smallest absolute Gasteiger partial charge is 0.349 e. The third-order valence-corrected chi connectivity index (χ3v) is 3.47. The molecule has 104 valence electrons. The van der Waals surface area contributed by atoms with E-state index in [1.165, 1.54) is 10.8 Å². The zero-order valence-electron chi connectivity index (χ0n) is 10.9. The van der Waals surface area contributed by atoms with E-state index in [9.17, 15) is 9.59 Å². The molecule has 2 heterocycles. The number of aromatic nitrogens is 2. The van der Waals surface area contributed by atoms with E-state index in [0.717, 1.165) is 0 Å². The highest BCUT2D eigenvalue weighted by atomic mass is 32.1. The van der Waals surface area contributed by atoms with Crippen molar-refractivity contribution in [3.05, 3.63) is 50.9 Å². The first-order valence-corrected chi connectivity index (χ1v) is 6.46.